The van der Waals surface area contributed by atoms with Crippen LogP contribution in [0.1, 0.15) is 23.8 Å². The van der Waals surface area contributed by atoms with Crippen LogP contribution in [-0.4, -0.2) is 23.2 Å². The highest BCUT2D eigenvalue weighted by Crippen LogP contribution is 2.31. The van der Waals surface area contributed by atoms with Crippen LogP contribution in [0.5, 0.6) is 0 Å². The average molecular weight is 213 g/mol. The summed E-state index contributed by atoms with van der Waals surface area (Å²) >= 11 is 1.38. The molecule has 0 aliphatic carbocycles. The van der Waals surface area contributed by atoms with E-state index in [1.165, 1.54) is 11.3 Å². The predicted molar refractivity (Wildman–Crippen MR) is 57.1 cm³/mol. The summed E-state index contributed by atoms with van der Waals surface area (Å²) in [5, 5.41) is 13.8. The second kappa shape index (κ2) is 4.25. The SMILES string of the molecule is Nc1ncc(C(O)C2CCCNC2)s1. The Labute approximate surface area is 87.2 Å². The summed E-state index contributed by atoms with van der Waals surface area (Å²) < 4.78 is 0. The largest absolute Gasteiger partial charge is 0.387 e. The summed E-state index contributed by atoms with van der Waals surface area (Å²) in [7, 11) is 0. The summed E-state index contributed by atoms with van der Waals surface area (Å²) in [5.41, 5.74) is 5.53. The second-order valence-corrected chi connectivity index (χ2v) is 4.75. The lowest BCUT2D eigenvalue weighted by molar-refractivity contribution is 0.0951. The average Bonchev–Trinajstić information content (AvgIpc) is 2.65. The van der Waals surface area contributed by atoms with E-state index in [1.807, 2.05) is 0 Å². The molecule has 2 rings (SSSR count). The van der Waals surface area contributed by atoms with E-state index in [0.29, 0.717) is 11.0 Å². The number of aromatic nitrogens is 1. The van der Waals surface area contributed by atoms with E-state index in [1.54, 1.807) is 6.20 Å². The van der Waals surface area contributed by atoms with Gasteiger partial charge in [-0.2, -0.15) is 0 Å². The van der Waals surface area contributed by atoms with Crippen LogP contribution in [-0.2, 0) is 0 Å². The molecule has 2 heterocycles. The summed E-state index contributed by atoms with van der Waals surface area (Å²) in [6.45, 7) is 1.95. The first kappa shape index (κ1) is 9.89. The van der Waals surface area contributed by atoms with Crippen molar-refractivity contribution >= 4 is 16.5 Å². The fourth-order valence-electron chi connectivity index (χ4n) is 1.82. The molecule has 1 saturated heterocycles. The lowest BCUT2D eigenvalue weighted by Gasteiger charge is -2.26. The number of hydrogen-bond donors (Lipinski definition) is 3. The molecule has 0 radical (unpaired) electrons. The van der Waals surface area contributed by atoms with Gasteiger partial charge in [0.1, 0.15) is 0 Å². The van der Waals surface area contributed by atoms with E-state index in [-0.39, 0.29) is 0 Å². The van der Waals surface area contributed by atoms with Crippen molar-refractivity contribution in [3.63, 3.8) is 0 Å². The second-order valence-electron chi connectivity index (χ2n) is 3.65. The molecule has 4 N–H and O–H groups in total. The molecular weight excluding hydrogens is 198 g/mol. The fraction of sp³-hybridized carbons (Fsp3) is 0.667. The molecular formula is C9H15N3OS. The van der Waals surface area contributed by atoms with Gasteiger partial charge in [0.25, 0.3) is 0 Å². The van der Waals surface area contributed by atoms with Gasteiger partial charge in [-0.1, -0.05) is 11.3 Å². The highest BCUT2D eigenvalue weighted by molar-refractivity contribution is 7.15. The number of nitrogen functional groups attached to an aromatic ring is 1. The third kappa shape index (κ3) is 2.05. The summed E-state index contributed by atoms with van der Waals surface area (Å²) in [5.74, 6) is 0.309. The van der Waals surface area contributed by atoms with Crippen LogP contribution in [0.15, 0.2) is 6.20 Å². The minimum atomic E-state index is -0.405. The molecule has 0 spiro atoms. The molecule has 1 aliphatic rings. The Bertz CT molecular complexity index is 296. The molecule has 0 bridgehead atoms. The molecule has 78 valence electrons. The smallest absolute Gasteiger partial charge is 0.180 e. The molecule has 1 aromatic rings. The van der Waals surface area contributed by atoms with Crippen LogP contribution >= 0.6 is 11.3 Å². The zero-order chi connectivity index (χ0) is 9.97. The molecule has 2 unspecified atom stereocenters. The zero-order valence-electron chi connectivity index (χ0n) is 7.94. The highest BCUT2D eigenvalue weighted by atomic mass is 32.1. The van der Waals surface area contributed by atoms with Crippen LogP contribution in [0.25, 0.3) is 0 Å². The first-order chi connectivity index (χ1) is 6.77. The number of nitrogens with zero attached hydrogens (tertiary/aromatic N) is 1. The third-order valence-electron chi connectivity index (χ3n) is 2.61. The Morgan fingerprint density at radius 3 is 3.14 bits per heavy atom. The Hall–Kier alpha value is -0.650. The van der Waals surface area contributed by atoms with Crippen molar-refractivity contribution in [2.75, 3.05) is 18.8 Å². The van der Waals surface area contributed by atoms with Crippen LogP contribution in [0.4, 0.5) is 5.13 Å². The van der Waals surface area contributed by atoms with Crippen molar-refractivity contribution in [1.82, 2.24) is 10.3 Å². The van der Waals surface area contributed by atoms with Crippen LogP contribution < -0.4 is 11.1 Å². The summed E-state index contributed by atoms with van der Waals surface area (Å²) in [6.07, 6.45) is 3.49. The number of hydrogen-bond acceptors (Lipinski definition) is 5. The Morgan fingerprint density at radius 1 is 1.71 bits per heavy atom. The van der Waals surface area contributed by atoms with Crippen molar-refractivity contribution in [2.45, 2.75) is 18.9 Å². The monoisotopic (exact) mass is 213 g/mol. The molecule has 1 aliphatic heterocycles. The number of nitrogens with one attached hydrogen (secondary N) is 1. The van der Waals surface area contributed by atoms with Gasteiger partial charge in [-0.15, -0.1) is 0 Å². The van der Waals surface area contributed by atoms with Gasteiger partial charge >= 0.3 is 0 Å². The molecule has 1 fully saturated rings. The summed E-state index contributed by atoms with van der Waals surface area (Å²) in [4.78, 5) is 4.83. The molecule has 2 atom stereocenters. The minimum Gasteiger partial charge on any atom is -0.387 e. The van der Waals surface area contributed by atoms with E-state index in [0.717, 1.165) is 30.8 Å². The number of piperidine rings is 1. The van der Waals surface area contributed by atoms with Gasteiger partial charge in [-0.05, 0) is 19.4 Å². The Kier molecular flexibility index (Phi) is 3.00. The normalized spacial score (nSPS) is 24.8. The van der Waals surface area contributed by atoms with Gasteiger partial charge in [0.15, 0.2) is 5.13 Å². The molecule has 0 amide bonds. The van der Waals surface area contributed by atoms with Crippen molar-refractivity contribution in [3.05, 3.63) is 11.1 Å². The molecule has 5 heteroatoms. The number of aliphatic hydroxyl groups is 1. The van der Waals surface area contributed by atoms with E-state index in [4.69, 9.17) is 5.73 Å². The Morgan fingerprint density at radius 2 is 2.57 bits per heavy atom. The molecule has 0 aromatic carbocycles. The first-order valence-corrected chi connectivity index (χ1v) is 5.69. The number of nitrogens with two attached hydrogens (primary N) is 1. The predicted octanol–water partition coefficient (Wildman–Crippen LogP) is 0.758. The number of aliphatic hydroxyl groups excluding tert-OH is 1. The standard InChI is InChI=1S/C9H15N3OS/c10-9-12-5-7(14-9)8(13)6-2-1-3-11-4-6/h5-6,8,11,13H,1-4H2,(H2,10,12). The maximum Gasteiger partial charge on any atom is 0.180 e. The van der Waals surface area contributed by atoms with Gasteiger partial charge in [-0.25, -0.2) is 4.98 Å². The van der Waals surface area contributed by atoms with Crippen LogP contribution in [0, 0.1) is 5.92 Å². The van der Waals surface area contributed by atoms with Gasteiger partial charge < -0.3 is 16.2 Å². The number of anilines is 1. The van der Waals surface area contributed by atoms with Crippen molar-refractivity contribution in [1.29, 1.82) is 0 Å². The molecule has 4 nitrogen and oxygen atoms in total. The Balaban J connectivity index is 2.03. The van der Waals surface area contributed by atoms with Gasteiger partial charge in [0.2, 0.25) is 0 Å². The highest BCUT2D eigenvalue weighted by Gasteiger charge is 2.24. The lowest BCUT2D eigenvalue weighted by Crippen LogP contribution is -2.33. The van der Waals surface area contributed by atoms with Gasteiger partial charge in [0.05, 0.1) is 11.0 Å². The van der Waals surface area contributed by atoms with Gasteiger partial charge in [0, 0.05) is 18.7 Å². The van der Waals surface area contributed by atoms with Crippen molar-refractivity contribution in [3.8, 4) is 0 Å². The van der Waals surface area contributed by atoms with E-state index >= 15 is 0 Å². The topological polar surface area (TPSA) is 71.2 Å². The lowest BCUT2D eigenvalue weighted by atomic mass is 9.93. The minimum absolute atomic E-state index is 0.309. The molecule has 1 aromatic heterocycles. The quantitative estimate of drug-likeness (QED) is 0.678. The maximum atomic E-state index is 10.0. The van der Waals surface area contributed by atoms with E-state index in [2.05, 4.69) is 10.3 Å². The fourth-order valence-corrected chi connectivity index (χ4v) is 2.58. The first-order valence-electron chi connectivity index (χ1n) is 4.87. The number of thiazole rings is 1. The molecule has 0 saturated carbocycles. The van der Waals surface area contributed by atoms with E-state index < -0.39 is 6.10 Å². The van der Waals surface area contributed by atoms with Gasteiger partial charge in [-0.3, -0.25) is 0 Å². The summed E-state index contributed by atoms with van der Waals surface area (Å²) in [6, 6.07) is 0. The van der Waals surface area contributed by atoms with Crippen LogP contribution in [0.3, 0.4) is 0 Å². The van der Waals surface area contributed by atoms with Crippen molar-refractivity contribution < 1.29 is 5.11 Å². The van der Waals surface area contributed by atoms with Crippen LogP contribution in [0.2, 0.25) is 0 Å². The zero-order valence-corrected chi connectivity index (χ0v) is 8.76. The number of rotatable bonds is 2. The van der Waals surface area contributed by atoms with Crippen molar-refractivity contribution in [2.24, 2.45) is 5.92 Å². The maximum absolute atomic E-state index is 10.0. The third-order valence-corrected chi connectivity index (χ3v) is 3.51. The molecule has 14 heavy (non-hydrogen) atoms. The van der Waals surface area contributed by atoms with E-state index in [9.17, 15) is 5.11 Å².